The van der Waals surface area contributed by atoms with Crippen molar-refractivity contribution in [3.05, 3.63) is 59.2 Å². The first-order chi connectivity index (χ1) is 20.4. The van der Waals surface area contributed by atoms with Crippen molar-refractivity contribution in [1.29, 1.82) is 0 Å². The minimum atomic E-state index is -4.75. The van der Waals surface area contributed by atoms with E-state index in [9.17, 15) is 31.9 Å². The van der Waals surface area contributed by atoms with Crippen LogP contribution in [0.3, 0.4) is 0 Å². The quantitative estimate of drug-likeness (QED) is 0.288. The van der Waals surface area contributed by atoms with E-state index >= 15 is 0 Å². The number of pyridine rings is 1. The predicted octanol–water partition coefficient (Wildman–Crippen LogP) is 6.93. The molecule has 6 rings (SSSR count). The number of hydrogen-bond acceptors (Lipinski definition) is 7. The second-order valence-corrected chi connectivity index (χ2v) is 11.0. The summed E-state index contributed by atoms with van der Waals surface area (Å²) in [5.74, 6) is -1.23. The van der Waals surface area contributed by atoms with Crippen LogP contribution < -0.4 is 14.2 Å². The van der Waals surface area contributed by atoms with Crippen LogP contribution in [0.4, 0.5) is 22.0 Å². The van der Waals surface area contributed by atoms with E-state index in [0.717, 1.165) is 11.1 Å². The summed E-state index contributed by atoms with van der Waals surface area (Å²) in [6, 6.07) is 5.65. The minimum Gasteiger partial charge on any atom is -0.484 e. The Kier molecular flexibility index (Phi) is 7.22. The molecule has 9 nitrogen and oxygen atoms in total. The highest BCUT2D eigenvalue weighted by Crippen LogP contribution is 2.46. The van der Waals surface area contributed by atoms with Gasteiger partial charge in [-0.2, -0.15) is 18.3 Å². The fraction of sp³-hybridized carbons (Fsp3) is 0.483. The van der Waals surface area contributed by atoms with Gasteiger partial charge in [0.1, 0.15) is 18.0 Å². The van der Waals surface area contributed by atoms with E-state index in [0.29, 0.717) is 31.2 Å². The maximum absolute atomic E-state index is 14.2. The lowest BCUT2D eigenvalue weighted by Gasteiger charge is -2.38. The van der Waals surface area contributed by atoms with E-state index in [2.05, 4.69) is 19.6 Å². The van der Waals surface area contributed by atoms with Gasteiger partial charge >= 0.3 is 18.4 Å². The fourth-order valence-corrected chi connectivity index (χ4v) is 6.04. The van der Waals surface area contributed by atoms with Gasteiger partial charge in [-0.3, -0.25) is 4.98 Å². The van der Waals surface area contributed by atoms with Crippen molar-refractivity contribution in [2.24, 2.45) is 0 Å². The molecule has 2 aliphatic carbocycles. The summed E-state index contributed by atoms with van der Waals surface area (Å²) in [6.45, 7) is 1.65. The van der Waals surface area contributed by atoms with Crippen molar-refractivity contribution in [3.63, 3.8) is 0 Å². The first-order valence-corrected chi connectivity index (χ1v) is 14.0. The average molecular weight is 610 g/mol. The largest absolute Gasteiger partial charge is 0.586 e. The third-order valence-electron chi connectivity index (χ3n) is 8.06. The Morgan fingerprint density at radius 1 is 1.09 bits per heavy atom. The Hall–Kier alpha value is -3.94. The highest BCUT2D eigenvalue weighted by atomic mass is 19.4. The summed E-state index contributed by atoms with van der Waals surface area (Å²) < 4.78 is 91.6. The van der Waals surface area contributed by atoms with Crippen molar-refractivity contribution in [3.8, 4) is 22.9 Å². The smallest absolute Gasteiger partial charge is 0.484 e. The van der Waals surface area contributed by atoms with E-state index in [1.807, 2.05) is 0 Å². The second-order valence-electron chi connectivity index (χ2n) is 11.0. The molecule has 2 aromatic heterocycles. The molecule has 0 saturated heterocycles. The molecular weight excluding hydrogens is 581 g/mol. The molecule has 1 aliphatic heterocycles. The van der Waals surface area contributed by atoms with E-state index in [-0.39, 0.29) is 53.5 Å². The third kappa shape index (κ3) is 5.59. The van der Waals surface area contributed by atoms with Crippen LogP contribution in [0.1, 0.15) is 86.6 Å². The fourth-order valence-electron chi connectivity index (χ4n) is 6.04. The summed E-state index contributed by atoms with van der Waals surface area (Å²) in [5, 5.41) is 14.0. The van der Waals surface area contributed by atoms with Crippen molar-refractivity contribution in [2.75, 3.05) is 0 Å². The summed E-state index contributed by atoms with van der Waals surface area (Å²) in [7, 11) is 0. The average Bonchev–Trinajstić information content (AvgIpc) is 3.50. The maximum Gasteiger partial charge on any atom is 0.586 e. The molecule has 3 aliphatic rings. The van der Waals surface area contributed by atoms with Crippen molar-refractivity contribution >= 4 is 5.97 Å². The van der Waals surface area contributed by atoms with Crippen LogP contribution in [0.15, 0.2) is 36.7 Å². The van der Waals surface area contributed by atoms with E-state index < -0.39 is 41.9 Å². The van der Waals surface area contributed by atoms with Gasteiger partial charge in [0.05, 0.1) is 23.8 Å². The van der Waals surface area contributed by atoms with Gasteiger partial charge in [-0.05, 0) is 69.6 Å². The van der Waals surface area contributed by atoms with Gasteiger partial charge in [-0.15, -0.1) is 8.78 Å². The summed E-state index contributed by atoms with van der Waals surface area (Å²) in [4.78, 5) is 16.5. The number of ether oxygens (including phenoxy) is 4. The summed E-state index contributed by atoms with van der Waals surface area (Å²) in [6.07, 6.45) is -3.97. The van der Waals surface area contributed by atoms with Crippen molar-refractivity contribution in [1.82, 2.24) is 14.8 Å². The number of benzene rings is 1. The molecule has 1 N–H and O–H groups in total. The number of alkyl halides is 5. The van der Waals surface area contributed by atoms with Gasteiger partial charge in [0.15, 0.2) is 22.8 Å². The monoisotopic (exact) mass is 609 g/mol. The SMILES string of the molecule is C[C@H](Oc1cncc(-n2nc(C(F)(F)F)c3c2[C@@H](OC2(C(=O)O)CCCCC2)CCC3)c1)c1ccc2c(c1)OC(F)(F)O2. The van der Waals surface area contributed by atoms with Crippen LogP contribution in [0.5, 0.6) is 17.2 Å². The lowest BCUT2D eigenvalue weighted by molar-refractivity contribution is -0.286. The minimum absolute atomic E-state index is 0.0306. The van der Waals surface area contributed by atoms with Crippen LogP contribution in [0.25, 0.3) is 5.69 Å². The van der Waals surface area contributed by atoms with Gasteiger partial charge < -0.3 is 24.1 Å². The zero-order chi connectivity index (χ0) is 30.6. The van der Waals surface area contributed by atoms with Crippen LogP contribution >= 0.6 is 0 Å². The zero-order valence-corrected chi connectivity index (χ0v) is 23.0. The Morgan fingerprint density at radius 3 is 2.56 bits per heavy atom. The van der Waals surface area contributed by atoms with Crippen molar-refractivity contribution in [2.45, 2.75) is 88.6 Å². The van der Waals surface area contributed by atoms with Gasteiger partial charge in [0.25, 0.3) is 0 Å². The molecule has 0 unspecified atom stereocenters. The number of carbonyl (C=O) groups is 1. The topological polar surface area (TPSA) is 105 Å². The number of carboxylic acid groups (broad SMARTS) is 1. The number of aliphatic carboxylic acids is 1. The number of fused-ring (bicyclic) bond motifs is 2. The standard InChI is InChI=1S/C29H28F5N3O6/c1-16(17-8-9-21-23(12-17)43-29(33,34)42-21)40-19-13-18(14-35-15-19)37-24-20(25(36-37)28(30,31)32)6-5-7-22(24)41-27(26(38)39)10-3-2-4-11-27/h8-9,12-16,22H,2-7,10-11H2,1H3,(H,38,39)/t16-,22-/m0/s1. The molecule has 0 radical (unpaired) electrons. The molecule has 230 valence electrons. The molecule has 1 aromatic carbocycles. The molecule has 3 heterocycles. The van der Waals surface area contributed by atoms with Gasteiger partial charge in [-0.25, -0.2) is 9.48 Å². The van der Waals surface area contributed by atoms with Gasteiger partial charge in [0, 0.05) is 11.6 Å². The molecule has 0 spiro atoms. The second kappa shape index (κ2) is 10.6. The number of rotatable bonds is 7. The Bertz CT molecular complexity index is 1540. The maximum atomic E-state index is 14.2. The summed E-state index contributed by atoms with van der Waals surface area (Å²) >= 11 is 0. The lowest BCUT2D eigenvalue weighted by atomic mass is 9.83. The Labute approximate surface area is 242 Å². The molecule has 0 amide bonds. The number of hydrogen-bond donors (Lipinski definition) is 1. The van der Waals surface area contributed by atoms with Gasteiger partial charge in [-0.1, -0.05) is 12.5 Å². The predicted molar refractivity (Wildman–Crippen MR) is 138 cm³/mol. The van der Waals surface area contributed by atoms with Gasteiger partial charge in [0.2, 0.25) is 0 Å². The number of aromatic nitrogens is 3. The number of nitrogens with zero attached hydrogens (tertiary/aromatic N) is 3. The third-order valence-corrected chi connectivity index (χ3v) is 8.06. The molecule has 0 bridgehead atoms. The molecular formula is C29H28F5N3O6. The molecule has 2 atom stereocenters. The summed E-state index contributed by atoms with van der Waals surface area (Å²) in [5.41, 5.74) is -1.80. The highest BCUT2D eigenvalue weighted by Gasteiger charge is 2.47. The molecule has 43 heavy (non-hydrogen) atoms. The van der Waals surface area contributed by atoms with Crippen LogP contribution in [0.2, 0.25) is 0 Å². The van der Waals surface area contributed by atoms with Crippen LogP contribution in [-0.2, 0) is 22.1 Å². The first-order valence-electron chi connectivity index (χ1n) is 14.0. The Balaban J connectivity index is 1.33. The highest BCUT2D eigenvalue weighted by molar-refractivity contribution is 5.77. The normalized spacial score (nSPS) is 21.2. The van der Waals surface area contributed by atoms with E-state index in [4.69, 9.17) is 9.47 Å². The molecule has 14 heteroatoms. The Morgan fingerprint density at radius 2 is 1.84 bits per heavy atom. The number of halogens is 5. The number of carboxylic acids is 1. The van der Waals surface area contributed by atoms with E-state index in [1.165, 1.54) is 36.7 Å². The lowest BCUT2D eigenvalue weighted by Crippen LogP contribution is -2.45. The van der Waals surface area contributed by atoms with Crippen LogP contribution in [-0.4, -0.2) is 37.7 Å². The van der Waals surface area contributed by atoms with Crippen LogP contribution in [0, 0.1) is 0 Å². The first kappa shape index (κ1) is 29.1. The van der Waals surface area contributed by atoms with E-state index in [1.54, 1.807) is 6.92 Å². The van der Waals surface area contributed by atoms with Crippen molar-refractivity contribution < 1.29 is 50.8 Å². The molecule has 3 aromatic rings. The molecule has 1 saturated carbocycles. The zero-order valence-electron chi connectivity index (χ0n) is 23.0. The molecule has 1 fully saturated rings.